The van der Waals surface area contributed by atoms with Crippen LogP contribution in [0.25, 0.3) is 11.2 Å². The fourth-order valence-corrected chi connectivity index (χ4v) is 4.48. The Hall–Kier alpha value is -3.37. The molecule has 11 heteroatoms. The molecule has 0 fully saturated rings. The number of imidazole rings is 1. The monoisotopic (exact) mass is 501 g/mol. The summed E-state index contributed by atoms with van der Waals surface area (Å²) >= 11 is 7.26. The fourth-order valence-electron chi connectivity index (χ4n) is 3.52. The molecule has 4 aromatic rings. The molecule has 0 unspecified atom stereocenters. The van der Waals surface area contributed by atoms with Gasteiger partial charge in [0.05, 0.1) is 12.3 Å². The van der Waals surface area contributed by atoms with Crippen LogP contribution in [0.4, 0.5) is 10.1 Å². The quantitative estimate of drug-likeness (QED) is 0.409. The van der Waals surface area contributed by atoms with Crippen LogP contribution in [0.15, 0.2) is 57.2 Å². The van der Waals surface area contributed by atoms with Crippen molar-refractivity contribution in [2.24, 2.45) is 14.1 Å². The van der Waals surface area contributed by atoms with Gasteiger partial charge in [0.2, 0.25) is 5.91 Å². The Kier molecular flexibility index (Phi) is 6.63. The molecule has 4 rings (SSSR count). The average Bonchev–Trinajstić information content (AvgIpc) is 3.17. The number of aryl methyl sites for hydroxylation is 1. The maximum atomic E-state index is 13.4. The predicted octanol–water partition coefficient (Wildman–Crippen LogP) is 3.31. The minimum atomic E-state index is -0.505. The number of halogens is 2. The van der Waals surface area contributed by atoms with Gasteiger partial charge >= 0.3 is 5.69 Å². The van der Waals surface area contributed by atoms with Gasteiger partial charge in [0, 0.05) is 24.8 Å². The molecule has 2 aromatic carbocycles. The maximum absolute atomic E-state index is 13.4. The molecular weight excluding hydrogens is 481 g/mol. The van der Waals surface area contributed by atoms with Gasteiger partial charge in [0.1, 0.15) is 5.82 Å². The molecule has 0 spiro atoms. The third-order valence-corrected chi connectivity index (χ3v) is 6.83. The van der Waals surface area contributed by atoms with Crippen LogP contribution in [0.2, 0.25) is 5.02 Å². The second-order valence-electron chi connectivity index (χ2n) is 7.73. The number of fused-ring (bicyclic) bond motifs is 1. The Balaban J connectivity index is 1.70. The molecule has 1 amide bonds. The van der Waals surface area contributed by atoms with Crippen LogP contribution in [0.1, 0.15) is 11.1 Å². The maximum Gasteiger partial charge on any atom is 0.332 e. The Morgan fingerprint density at radius 2 is 1.82 bits per heavy atom. The lowest BCUT2D eigenvalue weighted by Gasteiger charge is -2.11. The van der Waals surface area contributed by atoms with Crippen molar-refractivity contribution in [1.82, 2.24) is 18.7 Å². The summed E-state index contributed by atoms with van der Waals surface area (Å²) in [5.74, 6) is -0.648. The first-order valence-electron chi connectivity index (χ1n) is 10.3. The zero-order chi connectivity index (χ0) is 24.6. The van der Waals surface area contributed by atoms with Crippen LogP contribution in [0.3, 0.4) is 0 Å². The summed E-state index contributed by atoms with van der Waals surface area (Å²) in [6, 6.07) is 11.1. The van der Waals surface area contributed by atoms with E-state index in [0.717, 1.165) is 27.5 Å². The lowest BCUT2D eigenvalue weighted by atomic mass is 10.2. The molecule has 34 heavy (non-hydrogen) atoms. The Bertz CT molecular complexity index is 1530. The molecule has 8 nitrogen and oxygen atoms in total. The molecule has 0 saturated carbocycles. The van der Waals surface area contributed by atoms with Crippen LogP contribution in [0, 0.1) is 12.7 Å². The number of rotatable bonds is 6. The number of benzene rings is 2. The number of hydrogen-bond donors (Lipinski definition) is 1. The third-order valence-electron chi connectivity index (χ3n) is 5.44. The van der Waals surface area contributed by atoms with Gasteiger partial charge in [0.15, 0.2) is 16.3 Å². The van der Waals surface area contributed by atoms with E-state index in [4.69, 9.17) is 11.6 Å². The predicted molar refractivity (Wildman–Crippen MR) is 131 cm³/mol. The van der Waals surface area contributed by atoms with Crippen molar-refractivity contribution in [3.8, 4) is 0 Å². The first kappa shape index (κ1) is 23.8. The summed E-state index contributed by atoms with van der Waals surface area (Å²) in [6.45, 7) is 2.02. The largest absolute Gasteiger partial charge is 0.332 e. The summed E-state index contributed by atoms with van der Waals surface area (Å²) in [5, 5.41) is 3.76. The van der Waals surface area contributed by atoms with E-state index in [0.29, 0.717) is 15.9 Å². The van der Waals surface area contributed by atoms with Gasteiger partial charge in [0.25, 0.3) is 5.56 Å². The van der Waals surface area contributed by atoms with Crippen molar-refractivity contribution in [1.29, 1.82) is 0 Å². The Labute approximate surface area is 203 Å². The molecule has 0 radical (unpaired) electrons. The summed E-state index contributed by atoms with van der Waals surface area (Å²) < 4.78 is 17.3. The summed E-state index contributed by atoms with van der Waals surface area (Å²) in [6.07, 6.45) is 0. The summed E-state index contributed by atoms with van der Waals surface area (Å²) in [7, 11) is 2.93. The zero-order valence-corrected chi connectivity index (χ0v) is 20.2. The Morgan fingerprint density at radius 3 is 2.53 bits per heavy atom. The highest BCUT2D eigenvalue weighted by Crippen LogP contribution is 2.25. The molecule has 0 saturated heterocycles. The summed E-state index contributed by atoms with van der Waals surface area (Å²) in [4.78, 5) is 42.5. The lowest BCUT2D eigenvalue weighted by molar-refractivity contribution is -0.113. The van der Waals surface area contributed by atoms with Crippen LogP contribution in [-0.4, -0.2) is 30.3 Å². The normalized spacial score (nSPS) is 11.2. The van der Waals surface area contributed by atoms with E-state index in [1.807, 2.05) is 6.92 Å². The van der Waals surface area contributed by atoms with Gasteiger partial charge in [-0.25, -0.2) is 14.2 Å². The van der Waals surface area contributed by atoms with Crippen LogP contribution >= 0.6 is 23.4 Å². The van der Waals surface area contributed by atoms with Gasteiger partial charge in [-0.05, 0) is 42.3 Å². The number of anilines is 1. The third kappa shape index (κ3) is 4.51. The van der Waals surface area contributed by atoms with E-state index < -0.39 is 11.2 Å². The minimum absolute atomic E-state index is 0.00690. The zero-order valence-electron chi connectivity index (χ0n) is 18.6. The number of thioether (sulfide) groups is 1. The van der Waals surface area contributed by atoms with Gasteiger partial charge in [-0.15, -0.1) is 0 Å². The molecule has 0 aliphatic rings. The molecule has 176 valence electrons. The molecule has 1 N–H and O–H groups in total. The van der Waals surface area contributed by atoms with E-state index >= 15 is 0 Å². The van der Waals surface area contributed by atoms with Crippen LogP contribution in [-0.2, 0) is 25.4 Å². The number of nitrogens with zero attached hydrogens (tertiary/aromatic N) is 4. The first-order valence-corrected chi connectivity index (χ1v) is 11.6. The molecule has 2 heterocycles. The van der Waals surface area contributed by atoms with Crippen molar-refractivity contribution in [3.05, 3.63) is 85.3 Å². The topological polar surface area (TPSA) is 90.9 Å². The highest BCUT2D eigenvalue weighted by molar-refractivity contribution is 7.99. The number of amides is 1. The van der Waals surface area contributed by atoms with Gasteiger partial charge in [-0.2, -0.15) is 0 Å². The second-order valence-corrected chi connectivity index (χ2v) is 9.08. The molecular formula is C23H21ClFN5O3S. The number of hydrogen-bond acceptors (Lipinski definition) is 5. The fraction of sp³-hybridized carbons (Fsp3) is 0.217. The van der Waals surface area contributed by atoms with E-state index in [9.17, 15) is 18.8 Å². The Morgan fingerprint density at radius 1 is 1.12 bits per heavy atom. The highest BCUT2D eigenvalue weighted by Gasteiger charge is 2.20. The first-order chi connectivity index (χ1) is 16.2. The number of aromatic nitrogens is 4. The van der Waals surface area contributed by atoms with Gasteiger partial charge in [-0.3, -0.25) is 18.7 Å². The number of nitrogens with one attached hydrogen (secondary N) is 1. The lowest BCUT2D eigenvalue weighted by Crippen LogP contribution is -2.37. The second kappa shape index (κ2) is 9.47. The standard InChI is InChI=1S/C23H21ClFN5O3S/c1-13-16(24)5-4-6-17(13)26-18(31)12-34-22-27-20-19(21(32)29(3)23(33)28(20)2)30(22)11-14-7-9-15(25)10-8-14/h4-10H,11-12H2,1-3H3,(H,26,31). The smallest absolute Gasteiger partial charge is 0.325 e. The minimum Gasteiger partial charge on any atom is -0.325 e. The van der Waals surface area contributed by atoms with Crippen molar-refractivity contribution in [2.45, 2.75) is 18.6 Å². The molecule has 0 atom stereocenters. The van der Waals surface area contributed by atoms with Crippen LogP contribution < -0.4 is 16.6 Å². The highest BCUT2D eigenvalue weighted by atomic mass is 35.5. The van der Waals surface area contributed by atoms with Crippen molar-refractivity contribution in [2.75, 3.05) is 11.1 Å². The summed E-state index contributed by atoms with van der Waals surface area (Å²) in [5.41, 5.74) is 1.52. The van der Waals surface area contributed by atoms with E-state index in [-0.39, 0.29) is 35.2 Å². The van der Waals surface area contributed by atoms with Crippen molar-refractivity contribution < 1.29 is 9.18 Å². The average molecular weight is 502 g/mol. The van der Waals surface area contributed by atoms with E-state index in [1.54, 1.807) is 34.9 Å². The van der Waals surface area contributed by atoms with E-state index in [1.165, 1.54) is 30.8 Å². The molecule has 0 aliphatic heterocycles. The molecule has 0 aliphatic carbocycles. The number of carbonyl (C=O) groups is 1. The van der Waals surface area contributed by atoms with Gasteiger partial charge < -0.3 is 9.88 Å². The molecule has 0 bridgehead atoms. The van der Waals surface area contributed by atoms with Crippen molar-refractivity contribution in [3.63, 3.8) is 0 Å². The SMILES string of the molecule is Cc1c(Cl)cccc1NC(=O)CSc1nc2c(c(=O)n(C)c(=O)n2C)n1Cc1ccc(F)cc1. The molecule has 2 aromatic heterocycles. The van der Waals surface area contributed by atoms with Gasteiger partial charge in [-0.1, -0.05) is 41.6 Å². The van der Waals surface area contributed by atoms with Crippen molar-refractivity contribution >= 4 is 46.1 Å². The van der Waals surface area contributed by atoms with Crippen LogP contribution in [0.5, 0.6) is 0 Å². The number of carbonyl (C=O) groups excluding carboxylic acids is 1. The van der Waals surface area contributed by atoms with E-state index in [2.05, 4.69) is 10.3 Å².